The number of carbonyl (C=O) groups excluding carboxylic acids is 1. The molecule has 0 aliphatic carbocycles. The second-order valence-corrected chi connectivity index (χ2v) is 11.1. The number of halogens is 1. The Kier molecular flexibility index (Phi) is 5.11. The number of rotatable bonds is 4. The number of hydrogen-bond donors (Lipinski definition) is 0. The fraction of sp³-hybridized carbons (Fsp3) is 0.562. The molecule has 3 rings (SSSR count). The van der Waals surface area contributed by atoms with E-state index in [1.807, 2.05) is 0 Å². The van der Waals surface area contributed by atoms with Crippen LogP contribution < -0.4 is 0 Å². The maximum absolute atomic E-state index is 14.2. The summed E-state index contributed by atoms with van der Waals surface area (Å²) in [5, 5.41) is -1.22. The van der Waals surface area contributed by atoms with Crippen LogP contribution in [0.15, 0.2) is 23.1 Å². The van der Waals surface area contributed by atoms with Gasteiger partial charge in [0.2, 0.25) is 6.41 Å². The second kappa shape index (κ2) is 6.90. The van der Waals surface area contributed by atoms with Crippen molar-refractivity contribution in [2.45, 2.75) is 23.1 Å². The molecule has 2 atom stereocenters. The van der Waals surface area contributed by atoms with Crippen LogP contribution in [0.1, 0.15) is 5.56 Å². The van der Waals surface area contributed by atoms with Crippen LogP contribution in [0, 0.1) is 12.7 Å². The van der Waals surface area contributed by atoms with Gasteiger partial charge in [-0.2, -0.15) is 0 Å². The summed E-state index contributed by atoms with van der Waals surface area (Å²) in [4.78, 5) is 13.7. The lowest BCUT2D eigenvalue weighted by Crippen LogP contribution is -2.54. The molecule has 1 aromatic rings. The summed E-state index contributed by atoms with van der Waals surface area (Å²) in [5.41, 5.74) is 0.585. The predicted octanol–water partition coefficient (Wildman–Crippen LogP) is -0.153. The molecule has 0 radical (unpaired) electrons. The normalized spacial score (nSPS) is 26.8. The number of carbonyl (C=O) groups is 1. The molecule has 0 spiro atoms. The van der Waals surface area contributed by atoms with Crippen LogP contribution in [0.4, 0.5) is 4.39 Å². The molecule has 10 heteroatoms. The number of amides is 1. The first kappa shape index (κ1) is 19.2. The minimum absolute atomic E-state index is 0.272. The lowest BCUT2D eigenvalue weighted by atomic mass is 10.2. The SMILES string of the molecule is Cc1ccc(F)c(S(=O)(=O)[C@H]2CS(=O)(=O)C[C@@H]2N2CCN(C=O)CC2)c1. The first-order valence-electron chi connectivity index (χ1n) is 8.28. The molecular formula is C16H21FN2O5S2. The molecule has 1 aromatic carbocycles. The zero-order chi connectivity index (χ0) is 19.1. The third-order valence-corrected chi connectivity index (χ3v) is 9.16. The number of aryl methyl sites for hydroxylation is 1. The molecule has 144 valence electrons. The van der Waals surface area contributed by atoms with Crippen LogP contribution in [0.2, 0.25) is 0 Å². The van der Waals surface area contributed by atoms with Crippen LogP contribution in [0.25, 0.3) is 0 Å². The Labute approximate surface area is 152 Å². The number of piperazine rings is 1. The molecule has 0 saturated carbocycles. The quantitative estimate of drug-likeness (QED) is 0.648. The summed E-state index contributed by atoms with van der Waals surface area (Å²) in [6.07, 6.45) is 0.721. The summed E-state index contributed by atoms with van der Waals surface area (Å²) in [6.45, 7) is 3.25. The van der Waals surface area contributed by atoms with Crippen molar-refractivity contribution in [3.8, 4) is 0 Å². The first-order valence-corrected chi connectivity index (χ1v) is 11.6. The van der Waals surface area contributed by atoms with E-state index in [9.17, 15) is 26.0 Å². The van der Waals surface area contributed by atoms with E-state index in [2.05, 4.69) is 0 Å². The Hall–Kier alpha value is -1.52. The van der Waals surface area contributed by atoms with Gasteiger partial charge in [0.25, 0.3) is 0 Å². The van der Waals surface area contributed by atoms with Gasteiger partial charge in [0.15, 0.2) is 19.7 Å². The van der Waals surface area contributed by atoms with Gasteiger partial charge in [-0.1, -0.05) is 6.07 Å². The molecule has 2 heterocycles. The third kappa shape index (κ3) is 3.63. The molecule has 1 amide bonds. The predicted molar refractivity (Wildman–Crippen MR) is 93.8 cm³/mol. The average Bonchev–Trinajstić information content (AvgIpc) is 2.93. The van der Waals surface area contributed by atoms with Gasteiger partial charge >= 0.3 is 0 Å². The summed E-state index contributed by atoms with van der Waals surface area (Å²) in [6, 6.07) is 3.06. The summed E-state index contributed by atoms with van der Waals surface area (Å²) < 4.78 is 64.7. The molecule has 7 nitrogen and oxygen atoms in total. The van der Waals surface area contributed by atoms with Crippen LogP contribution in [0.3, 0.4) is 0 Å². The van der Waals surface area contributed by atoms with Crippen LogP contribution in [-0.4, -0.2) is 82.0 Å². The maximum atomic E-state index is 14.2. The van der Waals surface area contributed by atoms with Crippen molar-refractivity contribution in [2.24, 2.45) is 0 Å². The molecule has 2 aliphatic heterocycles. The zero-order valence-electron chi connectivity index (χ0n) is 14.3. The monoisotopic (exact) mass is 404 g/mol. The molecule has 0 aromatic heterocycles. The fourth-order valence-corrected chi connectivity index (χ4v) is 8.58. The van der Waals surface area contributed by atoms with Crippen molar-refractivity contribution in [2.75, 3.05) is 37.7 Å². The molecule has 2 aliphatic rings. The van der Waals surface area contributed by atoms with E-state index >= 15 is 0 Å². The van der Waals surface area contributed by atoms with E-state index in [1.165, 1.54) is 12.1 Å². The van der Waals surface area contributed by atoms with Crippen molar-refractivity contribution < 1.29 is 26.0 Å². The molecule has 0 bridgehead atoms. The first-order chi connectivity index (χ1) is 12.1. The fourth-order valence-electron chi connectivity index (χ4n) is 3.60. The highest BCUT2D eigenvalue weighted by Crippen LogP contribution is 2.31. The Bertz CT molecular complexity index is 909. The largest absolute Gasteiger partial charge is 0.343 e. The Morgan fingerprint density at radius 2 is 1.81 bits per heavy atom. The van der Waals surface area contributed by atoms with E-state index in [-0.39, 0.29) is 5.75 Å². The standard InChI is InChI=1S/C16H21FN2O5S2/c1-12-2-3-13(17)15(8-12)26(23,24)16-10-25(21,22)9-14(16)19-6-4-18(11-20)5-7-19/h2-3,8,11,14,16H,4-7,9-10H2,1H3/t14-,16-/m0/s1. The highest BCUT2D eigenvalue weighted by atomic mass is 32.2. The van der Waals surface area contributed by atoms with Crippen molar-refractivity contribution in [3.05, 3.63) is 29.6 Å². The van der Waals surface area contributed by atoms with Gasteiger partial charge in [0.05, 0.1) is 16.8 Å². The van der Waals surface area contributed by atoms with Gasteiger partial charge in [-0.25, -0.2) is 21.2 Å². The Morgan fingerprint density at radius 1 is 1.15 bits per heavy atom. The van der Waals surface area contributed by atoms with Crippen LogP contribution in [0.5, 0.6) is 0 Å². The summed E-state index contributed by atoms with van der Waals surface area (Å²) in [7, 11) is -7.71. The van der Waals surface area contributed by atoms with Gasteiger partial charge in [-0.05, 0) is 24.6 Å². The van der Waals surface area contributed by atoms with Crippen molar-refractivity contribution >= 4 is 26.1 Å². The highest BCUT2D eigenvalue weighted by molar-refractivity contribution is 7.96. The number of nitrogens with zero attached hydrogens (tertiary/aromatic N) is 2. The van der Waals surface area contributed by atoms with Gasteiger partial charge in [0, 0.05) is 32.2 Å². The van der Waals surface area contributed by atoms with E-state index in [4.69, 9.17) is 0 Å². The average molecular weight is 404 g/mol. The van der Waals surface area contributed by atoms with Gasteiger partial charge in [-0.15, -0.1) is 0 Å². The van der Waals surface area contributed by atoms with Crippen LogP contribution >= 0.6 is 0 Å². The Balaban J connectivity index is 1.95. The highest BCUT2D eigenvalue weighted by Gasteiger charge is 2.49. The Morgan fingerprint density at radius 3 is 2.42 bits per heavy atom. The van der Waals surface area contributed by atoms with Crippen LogP contribution in [-0.2, 0) is 24.5 Å². The summed E-state index contributed by atoms with van der Waals surface area (Å²) in [5.74, 6) is -1.66. The lowest BCUT2D eigenvalue weighted by molar-refractivity contribution is -0.119. The molecule has 2 saturated heterocycles. The minimum atomic E-state index is -4.16. The van der Waals surface area contributed by atoms with E-state index < -0.39 is 47.4 Å². The van der Waals surface area contributed by atoms with Gasteiger partial charge < -0.3 is 4.90 Å². The smallest absolute Gasteiger partial charge is 0.209 e. The molecule has 0 unspecified atom stereocenters. The second-order valence-electron chi connectivity index (χ2n) is 6.84. The van der Waals surface area contributed by atoms with Gasteiger partial charge in [-0.3, -0.25) is 9.69 Å². The van der Waals surface area contributed by atoms with Crippen molar-refractivity contribution in [1.29, 1.82) is 0 Å². The number of benzene rings is 1. The third-order valence-electron chi connectivity index (χ3n) is 5.03. The van der Waals surface area contributed by atoms with Crippen molar-refractivity contribution in [3.63, 3.8) is 0 Å². The van der Waals surface area contributed by atoms with Gasteiger partial charge in [0.1, 0.15) is 10.7 Å². The molecule has 26 heavy (non-hydrogen) atoms. The maximum Gasteiger partial charge on any atom is 0.209 e. The molecule has 2 fully saturated rings. The van der Waals surface area contributed by atoms with E-state index in [1.54, 1.807) is 16.7 Å². The number of hydrogen-bond acceptors (Lipinski definition) is 6. The van der Waals surface area contributed by atoms with E-state index in [0.717, 1.165) is 12.5 Å². The number of sulfone groups is 2. The zero-order valence-corrected chi connectivity index (χ0v) is 16.0. The molecular weight excluding hydrogens is 383 g/mol. The molecule has 0 N–H and O–H groups in total. The topological polar surface area (TPSA) is 91.8 Å². The lowest BCUT2D eigenvalue weighted by Gasteiger charge is -2.38. The minimum Gasteiger partial charge on any atom is -0.343 e. The van der Waals surface area contributed by atoms with Crippen molar-refractivity contribution in [1.82, 2.24) is 9.80 Å². The van der Waals surface area contributed by atoms with E-state index in [0.29, 0.717) is 31.7 Å². The summed E-state index contributed by atoms with van der Waals surface area (Å²) >= 11 is 0.